The molecule has 0 aliphatic carbocycles. The van der Waals surface area contributed by atoms with Gasteiger partial charge in [0.25, 0.3) is 0 Å². The van der Waals surface area contributed by atoms with Gasteiger partial charge in [0.1, 0.15) is 0 Å². The summed E-state index contributed by atoms with van der Waals surface area (Å²) in [6, 6.07) is 5.68. The Kier molecular flexibility index (Phi) is 7.13. The van der Waals surface area contributed by atoms with Gasteiger partial charge >= 0.3 is 6.18 Å². The summed E-state index contributed by atoms with van der Waals surface area (Å²) >= 11 is 1.70. The lowest BCUT2D eigenvalue weighted by molar-refractivity contribution is -0.137. The van der Waals surface area contributed by atoms with Crippen LogP contribution in [0.3, 0.4) is 0 Å². The van der Waals surface area contributed by atoms with Crippen LogP contribution in [0.2, 0.25) is 0 Å². The van der Waals surface area contributed by atoms with E-state index in [9.17, 15) is 13.2 Å². The van der Waals surface area contributed by atoms with Crippen LogP contribution in [0.4, 0.5) is 13.2 Å². The number of aliphatic imine (C=N–C) groups is 1. The molecule has 1 saturated heterocycles. The third kappa shape index (κ3) is 6.43. The number of likely N-dealkylation sites (tertiary alicyclic amines) is 1. The van der Waals surface area contributed by atoms with Gasteiger partial charge in [-0.05, 0) is 31.0 Å². The largest absolute Gasteiger partial charge is 0.416 e. The Labute approximate surface area is 173 Å². The molecule has 1 aliphatic heterocycles. The number of aromatic nitrogens is 1. The third-order valence-corrected chi connectivity index (χ3v) is 5.80. The summed E-state index contributed by atoms with van der Waals surface area (Å²) in [5, 5.41) is 7.86. The van der Waals surface area contributed by atoms with E-state index in [2.05, 4.69) is 25.5 Å². The number of rotatable bonds is 6. The van der Waals surface area contributed by atoms with Gasteiger partial charge in [0.15, 0.2) is 5.96 Å². The number of nitrogens with one attached hydrogen (secondary N) is 2. The fourth-order valence-electron chi connectivity index (χ4n) is 3.34. The third-order valence-electron chi connectivity index (χ3n) is 4.82. The highest BCUT2D eigenvalue weighted by Gasteiger charge is 2.30. The molecule has 0 spiro atoms. The van der Waals surface area contributed by atoms with Crippen molar-refractivity contribution >= 4 is 17.3 Å². The summed E-state index contributed by atoms with van der Waals surface area (Å²) in [6.45, 7) is 5.17. The van der Waals surface area contributed by atoms with E-state index in [1.807, 2.05) is 13.1 Å². The first-order valence-electron chi connectivity index (χ1n) is 9.60. The van der Waals surface area contributed by atoms with Gasteiger partial charge in [0.05, 0.1) is 10.6 Å². The molecule has 5 nitrogen and oxygen atoms in total. The minimum absolute atomic E-state index is 0.262. The zero-order valence-electron chi connectivity index (χ0n) is 16.6. The van der Waals surface area contributed by atoms with Gasteiger partial charge in [-0.25, -0.2) is 4.98 Å². The average molecular weight is 426 g/mol. The number of thiazole rings is 1. The Morgan fingerprint density at radius 2 is 2.07 bits per heavy atom. The predicted molar refractivity (Wildman–Crippen MR) is 110 cm³/mol. The topological polar surface area (TPSA) is 52.6 Å². The smallest absolute Gasteiger partial charge is 0.356 e. The summed E-state index contributed by atoms with van der Waals surface area (Å²) in [7, 11) is 1.75. The lowest BCUT2D eigenvalue weighted by atomic mass is 10.1. The molecule has 0 saturated carbocycles. The van der Waals surface area contributed by atoms with Crippen molar-refractivity contribution in [3.8, 4) is 0 Å². The number of nitrogens with zero attached hydrogens (tertiary/aromatic N) is 3. The summed E-state index contributed by atoms with van der Waals surface area (Å²) in [6.07, 6.45) is -0.587. The highest BCUT2D eigenvalue weighted by atomic mass is 32.1. The molecule has 2 N–H and O–H groups in total. The Morgan fingerprint density at radius 1 is 1.31 bits per heavy atom. The second-order valence-corrected chi connectivity index (χ2v) is 8.49. The molecule has 0 amide bonds. The number of hydrogen-bond acceptors (Lipinski definition) is 4. The highest BCUT2D eigenvalue weighted by Crippen LogP contribution is 2.29. The quantitative estimate of drug-likeness (QED) is 0.550. The van der Waals surface area contributed by atoms with Crippen LogP contribution in [0.5, 0.6) is 0 Å². The molecular weight excluding hydrogens is 399 g/mol. The molecule has 2 heterocycles. The number of hydrogen-bond donors (Lipinski definition) is 2. The van der Waals surface area contributed by atoms with Crippen molar-refractivity contribution in [1.29, 1.82) is 0 Å². The molecule has 1 unspecified atom stereocenters. The van der Waals surface area contributed by atoms with Gasteiger partial charge in [-0.2, -0.15) is 13.2 Å². The van der Waals surface area contributed by atoms with Gasteiger partial charge in [-0.15, -0.1) is 11.3 Å². The van der Waals surface area contributed by atoms with Crippen LogP contribution < -0.4 is 10.6 Å². The Morgan fingerprint density at radius 3 is 2.69 bits per heavy atom. The molecule has 29 heavy (non-hydrogen) atoms. The summed E-state index contributed by atoms with van der Waals surface area (Å²) in [5.74, 6) is 0.764. The van der Waals surface area contributed by atoms with E-state index in [4.69, 9.17) is 0 Å². The normalized spacial score (nSPS) is 18.2. The number of benzene rings is 1. The monoisotopic (exact) mass is 425 g/mol. The van der Waals surface area contributed by atoms with E-state index in [0.717, 1.165) is 61.1 Å². The first-order valence-corrected chi connectivity index (χ1v) is 10.4. The molecule has 3 rings (SSSR count). The maximum Gasteiger partial charge on any atom is 0.416 e. The molecule has 9 heteroatoms. The van der Waals surface area contributed by atoms with Crippen molar-refractivity contribution in [2.45, 2.75) is 38.5 Å². The van der Waals surface area contributed by atoms with Crippen molar-refractivity contribution in [1.82, 2.24) is 20.5 Å². The van der Waals surface area contributed by atoms with Gasteiger partial charge in [-0.1, -0.05) is 12.1 Å². The maximum atomic E-state index is 12.7. The number of halogens is 3. The Hall–Kier alpha value is -2.13. The van der Waals surface area contributed by atoms with E-state index in [-0.39, 0.29) is 6.04 Å². The van der Waals surface area contributed by atoms with Crippen molar-refractivity contribution in [2.75, 3.05) is 26.7 Å². The SMILES string of the molecule is CN=C(NCCc1ncc(C)s1)NC1CCN(Cc2ccc(C(F)(F)F)cc2)C1. The molecular formula is C20H26F3N5S. The number of alkyl halides is 3. The van der Waals surface area contributed by atoms with Crippen LogP contribution in [0.25, 0.3) is 0 Å². The van der Waals surface area contributed by atoms with Gasteiger partial charge in [0.2, 0.25) is 0 Å². The molecule has 1 atom stereocenters. The first-order chi connectivity index (χ1) is 13.8. The standard InChI is InChI=1S/C20H26F3N5S/c1-14-11-26-18(29-14)7-9-25-19(24-2)27-17-8-10-28(13-17)12-15-3-5-16(6-4-15)20(21,22)23/h3-6,11,17H,7-10,12-13H2,1-2H3,(H2,24,25,27). The van der Waals surface area contributed by atoms with E-state index < -0.39 is 11.7 Å². The molecule has 1 fully saturated rings. The van der Waals surface area contributed by atoms with Crippen molar-refractivity contribution < 1.29 is 13.2 Å². The van der Waals surface area contributed by atoms with E-state index >= 15 is 0 Å². The molecule has 0 radical (unpaired) electrons. The van der Waals surface area contributed by atoms with Crippen molar-refractivity contribution in [3.63, 3.8) is 0 Å². The van der Waals surface area contributed by atoms with Crippen LogP contribution in [0.15, 0.2) is 35.5 Å². The van der Waals surface area contributed by atoms with Crippen LogP contribution in [-0.4, -0.2) is 48.6 Å². The van der Waals surface area contributed by atoms with E-state index in [0.29, 0.717) is 6.54 Å². The summed E-state index contributed by atoms with van der Waals surface area (Å²) < 4.78 is 38.0. The molecule has 1 aromatic heterocycles. The first kappa shape index (κ1) is 21.6. The maximum absolute atomic E-state index is 12.7. The van der Waals surface area contributed by atoms with Gasteiger partial charge in [-0.3, -0.25) is 9.89 Å². The minimum atomic E-state index is -4.29. The summed E-state index contributed by atoms with van der Waals surface area (Å²) in [5.41, 5.74) is 0.282. The van der Waals surface area contributed by atoms with Crippen LogP contribution in [0.1, 0.15) is 27.4 Å². The second-order valence-electron chi connectivity index (χ2n) is 7.17. The predicted octanol–water partition coefficient (Wildman–Crippen LogP) is 3.45. The van der Waals surface area contributed by atoms with Crippen LogP contribution in [-0.2, 0) is 19.1 Å². The minimum Gasteiger partial charge on any atom is -0.356 e. The van der Waals surface area contributed by atoms with E-state index in [1.54, 1.807) is 30.5 Å². The zero-order valence-corrected chi connectivity index (χ0v) is 17.4. The van der Waals surface area contributed by atoms with Crippen molar-refractivity contribution in [2.24, 2.45) is 4.99 Å². The molecule has 2 aromatic rings. The lowest BCUT2D eigenvalue weighted by Gasteiger charge is -2.19. The van der Waals surface area contributed by atoms with Gasteiger partial charge in [0, 0.05) is 56.8 Å². The van der Waals surface area contributed by atoms with Crippen LogP contribution in [0, 0.1) is 6.92 Å². The van der Waals surface area contributed by atoms with Crippen LogP contribution >= 0.6 is 11.3 Å². The van der Waals surface area contributed by atoms with Crippen molar-refractivity contribution in [3.05, 3.63) is 51.5 Å². The second kappa shape index (κ2) is 9.58. The van der Waals surface area contributed by atoms with Gasteiger partial charge < -0.3 is 10.6 Å². The fourth-order valence-corrected chi connectivity index (χ4v) is 4.13. The highest BCUT2D eigenvalue weighted by molar-refractivity contribution is 7.11. The molecule has 158 valence electrons. The fraction of sp³-hybridized carbons (Fsp3) is 0.500. The average Bonchev–Trinajstić information content (AvgIpc) is 3.29. The molecule has 0 bridgehead atoms. The Bertz CT molecular complexity index is 816. The number of aryl methyl sites for hydroxylation is 1. The Balaban J connectivity index is 1.42. The van der Waals surface area contributed by atoms with E-state index in [1.165, 1.54) is 4.88 Å². The lowest BCUT2D eigenvalue weighted by Crippen LogP contribution is -2.45. The zero-order chi connectivity index (χ0) is 20.9. The molecule has 1 aliphatic rings. The number of guanidine groups is 1. The summed E-state index contributed by atoms with van der Waals surface area (Å²) in [4.78, 5) is 12.1. The molecule has 1 aromatic carbocycles.